The van der Waals surface area contributed by atoms with Crippen LogP contribution in [0.15, 0.2) is 57.5 Å². The van der Waals surface area contributed by atoms with Crippen LogP contribution in [0.2, 0.25) is 0 Å². The van der Waals surface area contributed by atoms with Crippen molar-refractivity contribution in [2.24, 2.45) is 4.99 Å². The predicted octanol–water partition coefficient (Wildman–Crippen LogP) is 2.83. The van der Waals surface area contributed by atoms with E-state index in [2.05, 4.69) is 4.99 Å². The van der Waals surface area contributed by atoms with Crippen molar-refractivity contribution in [1.29, 1.82) is 0 Å². The van der Waals surface area contributed by atoms with Crippen molar-refractivity contribution in [1.82, 2.24) is 4.57 Å². The molecule has 37 heavy (non-hydrogen) atoms. The van der Waals surface area contributed by atoms with Gasteiger partial charge in [0.05, 0.1) is 50.8 Å². The molecule has 2 aromatic carbocycles. The van der Waals surface area contributed by atoms with Gasteiger partial charge < -0.3 is 23.7 Å². The van der Waals surface area contributed by atoms with Crippen molar-refractivity contribution in [3.05, 3.63) is 78.5 Å². The molecule has 1 aliphatic rings. The molecule has 0 unspecified atom stereocenters. The van der Waals surface area contributed by atoms with Crippen LogP contribution in [0.25, 0.3) is 6.08 Å². The largest absolute Gasteiger partial charge is 0.497 e. The molecule has 0 fully saturated rings. The summed E-state index contributed by atoms with van der Waals surface area (Å²) in [4.78, 5) is 32.1. The van der Waals surface area contributed by atoms with Crippen molar-refractivity contribution in [2.45, 2.75) is 19.9 Å². The van der Waals surface area contributed by atoms with Gasteiger partial charge in [-0.1, -0.05) is 11.3 Å². The molecule has 194 valence electrons. The monoisotopic (exact) mass is 524 g/mol. The summed E-state index contributed by atoms with van der Waals surface area (Å²) in [7, 11) is 6.21. The Hall–Kier alpha value is -4.05. The van der Waals surface area contributed by atoms with Gasteiger partial charge in [0.15, 0.2) is 4.80 Å². The molecule has 0 saturated carbocycles. The lowest BCUT2D eigenvalue weighted by Crippen LogP contribution is -2.40. The number of rotatable bonds is 8. The Bertz CT molecular complexity index is 1550. The molecule has 0 N–H and O–H groups in total. The van der Waals surface area contributed by atoms with Crippen molar-refractivity contribution < 1.29 is 28.5 Å². The van der Waals surface area contributed by atoms with Crippen molar-refractivity contribution in [3.8, 4) is 23.0 Å². The van der Waals surface area contributed by atoms with Crippen LogP contribution in [0.5, 0.6) is 23.0 Å². The minimum absolute atomic E-state index is 0.178. The van der Waals surface area contributed by atoms with E-state index in [0.29, 0.717) is 49.2 Å². The normalized spacial score (nSPS) is 15.1. The van der Waals surface area contributed by atoms with Crippen LogP contribution in [0.3, 0.4) is 0 Å². The number of fused-ring (bicyclic) bond motifs is 1. The summed E-state index contributed by atoms with van der Waals surface area (Å²) in [5.74, 6) is 1.70. The number of esters is 1. The molecule has 2 heterocycles. The highest BCUT2D eigenvalue weighted by Gasteiger charge is 2.35. The molecule has 0 spiro atoms. The smallest absolute Gasteiger partial charge is 0.338 e. The number of nitrogens with zero attached hydrogens (tertiary/aromatic N) is 2. The first-order chi connectivity index (χ1) is 17.9. The fraction of sp³-hybridized carbons (Fsp3) is 0.296. The average Bonchev–Trinajstić information content (AvgIpc) is 3.21. The van der Waals surface area contributed by atoms with E-state index in [0.717, 1.165) is 0 Å². The Kier molecular flexibility index (Phi) is 7.68. The third-order valence-corrected chi connectivity index (χ3v) is 6.95. The summed E-state index contributed by atoms with van der Waals surface area (Å²) >= 11 is 1.22. The average molecular weight is 525 g/mol. The number of benzene rings is 2. The van der Waals surface area contributed by atoms with Crippen LogP contribution in [-0.4, -0.2) is 45.6 Å². The van der Waals surface area contributed by atoms with E-state index in [1.54, 1.807) is 77.7 Å². The second kappa shape index (κ2) is 10.9. The van der Waals surface area contributed by atoms with Gasteiger partial charge in [0.1, 0.15) is 29.0 Å². The van der Waals surface area contributed by atoms with E-state index in [1.807, 2.05) is 0 Å². The second-order valence-corrected chi connectivity index (χ2v) is 9.03. The number of thiazole rings is 1. The molecule has 1 aromatic heterocycles. The van der Waals surface area contributed by atoms with Gasteiger partial charge in [-0.15, -0.1) is 0 Å². The quantitative estimate of drug-likeness (QED) is 0.418. The highest BCUT2D eigenvalue weighted by molar-refractivity contribution is 7.07. The third-order valence-electron chi connectivity index (χ3n) is 5.97. The van der Waals surface area contributed by atoms with Gasteiger partial charge in [0.25, 0.3) is 5.56 Å². The highest BCUT2D eigenvalue weighted by Crippen LogP contribution is 2.37. The maximum Gasteiger partial charge on any atom is 0.338 e. The zero-order valence-corrected chi connectivity index (χ0v) is 22.3. The topological polar surface area (TPSA) is 97.6 Å². The van der Waals surface area contributed by atoms with Crippen molar-refractivity contribution in [2.75, 3.05) is 35.0 Å². The van der Waals surface area contributed by atoms with E-state index in [9.17, 15) is 9.59 Å². The van der Waals surface area contributed by atoms with E-state index in [1.165, 1.54) is 23.0 Å². The van der Waals surface area contributed by atoms with Gasteiger partial charge >= 0.3 is 5.97 Å². The Balaban J connectivity index is 2.03. The van der Waals surface area contributed by atoms with Crippen LogP contribution in [0.1, 0.15) is 31.0 Å². The molecule has 0 radical (unpaired) electrons. The molecule has 3 aromatic rings. The Labute approximate surface area is 217 Å². The molecule has 10 heteroatoms. The first-order valence-corrected chi connectivity index (χ1v) is 12.3. The van der Waals surface area contributed by atoms with E-state index < -0.39 is 12.0 Å². The number of allylic oxidation sites excluding steroid dienone is 1. The van der Waals surface area contributed by atoms with Gasteiger partial charge in [-0.3, -0.25) is 9.36 Å². The highest BCUT2D eigenvalue weighted by atomic mass is 32.1. The van der Waals surface area contributed by atoms with Crippen molar-refractivity contribution >= 4 is 23.4 Å². The Morgan fingerprint density at radius 3 is 2.27 bits per heavy atom. The van der Waals surface area contributed by atoms with Gasteiger partial charge in [0.2, 0.25) is 0 Å². The summed E-state index contributed by atoms with van der Waals surface area (Å²) < 4.78 is 29.2. The Morgan fingerprint density at radius 2 is 1.65 bits per heavy atom. The molecule has 9 nitrogen and oxygen atoms in total. The minimum Gasteiger partial charge on any atom is -0.497 e. The number of hydrogen-bond donors (Lipinski definition) is 0. The maximum atomic E-state index is 13.9. The van der Waals surface area contributed by atoms with Gasteiger partial charge in [0, 0.05) is 11.1 Å². The molecular weight excluding hydrogens is 496 g/mol. The molecule has 0 amide bonds. The number of hydrogen-bond acceptors (Lipinski definition) is 9. The number of ether oxygens (including phenoxy) is 5. The van der Waals surface area contributed by atoms with Crippen LogP contribution in [0.4, 0.5) is 0 Å². The van der Waals surface area contributed by atoms with Crippen LogP contribution >= 0.6 is 11.3 Å². The number of methoxy groups -OCH3 is 4. The lowest BCUT2D eigenvalue weighted by atomic mass is 9.94. The third kappa shape index (κ3) is 4.84. The molecular formula is C27H28N2O7S. The first kappa shape index (κ1) is 26.0. The first-order valence-electron chi connectivity index (χ1n) is 11.5. The molecule has 0 bridgehead atoms. The number of aromatic nitrogens is 1. The number of carbonyl (C=O) groups is 1. The SMILES string of the molecule is CCOC(=O)C1=C(C)N=c2s/c(=C/c3cc(OC)ccc3OC)c(=O)n2[C@@H]1c1cc(OC)ccc1OC. The number of carbonyl (C=O) groups excluding carboxylic acids is 1. The van der Waals surface area contributed by atoms with Crippen molar-refractivity contribution in [3.63, 3.8) is 0 Å². The summed E-state index contributed by atoms with van der Waals surface area (Å²) in [6.45, 7) is 3.64. The van der Waals surface area contributed by atoms with Gasteiger partial charge in [-0.05, 0) is 56.3 Å². The summed E-state index contributed by atoms with van der Waals surface area (Å²) in [6.07, 6.45) is 1.73. The van der Waals surface area contributed by atoms with Gasteiger partial charge in [-0.25, -0.2) is 9.79 Å². The minimum atomic E-state index is -0.838. The molecule has 1 aliphatic heterocycles. The molecule has 4 rings (SSSR count). The predicted molar refractivity (Wildman–Crippen MR) is 139 cm³/mol. The lowest BCUT2D eigenvalue weighted by Gasteiger charge is -2.26. The van der Waals surface area contributed by atoms with Crippen LogP contribution in [0, 0.1) is 0 Å². The Morgan fingerprint density at radius 1 is 1.00 bits per heavy atom. The maximum absolute atomic E-state index is 13.9. The molecule has 1 atom stereocenters. The fourth-order valence-electron chi connectivity index (χ4n) is 4.23. The van der Waals surface area contributed by atoms with E-state index >= 15 is 0 Å². The standard InChI is InChI=1S/C27H28N2O7S/c1-7-36-26(31)23-15(2)28-27-29(24(23)19-14-18(33-4)9-11-21(19)35-6)25(30)22(37-27)13-16-12-17(32-3)8-10-20(16)34-5/h8-14,24H,7H2,1-6H3/b22-13+/t24-/m1/s1. The summed E-state index contributed by atoms with van der Waals surface area (Å²) in [5, 5.41) is 0. The zero-order chi connectivity index (χ0) is 26.7. The lowest BCUT2D eigenvalue weighted by molar-refractivity contribution is -0.139. The van der Waals surface area contributed by atoms with E-state index in [-0.39, 0.29) is 17.7 Å². The fourth-order valence-corrected chi connectivity index (χ4v) is 5.27. The van der Waals surface area contributed by atoms with Gasteiger partial charge in [-0.2, -0.15) is 0 Å². The van der Waals surface area contributed by atoms with E-state index in [4.69, 9.17) is 23.7 Å². The van der Waals surface area contributed by atoms with Crippen LogP contribution < -0.4 is 33.8 Å². The molecule has 0 saturated heterocycles. The summed E-state index contributed by atoms with van der Waals surface area (Å²) in [6, 6.07) is 9.75. The second-order valence-electron chi connectivity index (χ2n) is 8.02. The molecule has 0 aliphatic carbocycles. The summed E-state index contributed by atoms with van der Waals surface area (Å²) in [5.41, 5.74) is 1.64. The van der Waals surface area contributed by atoms with Crippen LogP contribution in [-0.2, 0) is 9.53 Å². The zero-order valence-electron chi connectivity index (χ0n) is 21.5.